The molecule has 3 aromatic carbocycles. The Morgan fingerprint density at radius 2 is 1.68 bits per heavy atom. The fraction of sp³-hybridized carbons (Fsp3) is 0.542. The molecule has 79 heavy (non-hydrogen) atoms. The van der Waals surface area contributed by atoms with Gasteiger partial charge in [0.1, 0.15) is 41.8 Å². The van der Waals surface area contributed by atoms with E-state index in [4.69, 9.17) is 34.0 Å². The normalized spacial score (nSPS) is 25.2. The number of anilines is 2. The first-order valence-corrected chi connectivity index (χ1v) is 28.6. The van der Waals surface area contributed by atoms with E-state index < -0.39 is 17.6 Å². The zero-order valence-corrected chi connectivity index (χ0v) is 45.0. The molecule has 416 valence electrons. The minimum Gasteiger partial charge on any atom is -0.508 e. The Hall–Kier alpha value is -6.77. The van der Waals surface area contributed by atoms with Crippen LogP contribution in [0.1, 0.15) is 108 Å². The Morgan fingerprint density at radius 3 is 2.46 bits per heavy atom. The lowest BCUT2D eigenvalue weighted by molar-refractivity contribution is -0.151. The van der Waals surface area contributed by atoms with Gasteiger partial charge in [0.05, 0.1) is 52.5 Å². The predicted molar refractivity (Wildman–Crippen MR) is 291 cm³/mol. The monoisotopic (exact) mass is 1080 g/mol. The van der Waals surface area contributed by atoms with Crippen LogP contribution in [-0.2, 0) is 37.3 Å². The number of carbonyl (C=O) groups excluding carboxylic acids is 3. The first-order chi connectivity index (χ1) is 38.3. The second kappa shape index (κ2) is 20.7. The molecule has 2 N–H and O–H groups in total. The SMILES string of the molecule is CCc1c(F)ccc2cc(O)cc(-c3ncc4c(N5CCC[C@@]6(CCO6)C5)nc(OC[C@@]56CCCN5[C@H](COC(=O)N5CCC(OC7CCN(c8ccc9c(C%10CCC(=O)NC%10=O)nn(C)c9c8)CC7)CC5)CC6)nc4c3F)c12. The molecular weight excluding hydrogens is 1010 g/mol. The largest absolute Gasteiger partial charge is 0.508 e. The van der Waals surface area contributed by atoms with Crippen LogP contribution in [0.25, 0.3) is 43.8 Å². The van der Waals surface area contributed by atoms with Crippen molar-refractivity contribution in [2.75, 3.05) is 75.4 Å². The molecule has 7 aliphatic rings. The van der Waals surface area contributed by atoms with Crippen LogP contribution >= 0.6 is 0 Å². The van der Waals surface area contributed by atoms with Gasteiger partial charge in [0.2, 0.25) is 11.8 Å². The highest BCUT2D eigenvalue weighted by atomic mass is 19.1. The third kappa shape index (κ3) is 9.53. The number of fused-ring (bicyclic) bond motifs is 4. The zero-order valence-electron chi connectivity index (χ0n) is 45.0. The van der Waals surface area contributed by atoms with Crippen LogP contribution in [0.15, 0.2) is 48.7 Å². The standard InChI is InChI=1S/C59H68F2N10O8/c1-3-41-46(60)10-6-35-28-38(72)30-44(49(35)41)52-50(61)53-45(31-62-52)54(70-21-5-18-59(33-70)20-27-78-59)65-56(64-53)77-34-58-17-4-22-71(58)37(12-19-58)32-76-57(75)69-25-15-40(16-26-69)79-39-13-23-68(24-14-39)36-7-8-42-47(29-36)67(2)66-51(42)43-9-11-48(73)63-55(43)74/h6-8,10,28-31,37,39-40,43,72H,3-5,9,11-27,32-34H2,1-2H3,(H,63,73,74)/t37-,43?,58-,59+/m0/s1. The molecule has 1 spiro atoms. The Balaban J connectivity index is 0.632. The number of pyridine rings is 1. The van der Waals surface area contributed by atoms with E-state index in [1.807, 2.05) is 24.7 Å². The van der Waals surface area contributed by atoms with Gasteiger partial charge in [0.15, 0.2) is 5.82 Å². The molecule has 7 saturated heterocycles. The number of benzene rings is 3. The molecule has 0 saturated carbocycles. The van der Waals surface area contributed by atoms with Crippen LogP contribution in [0.4, 0.5) is 25.1 Å². The molecule has 7 aliphatic heterocycles. The Bertz CT molecular complexity index is 3380. The number of phenolic OH excluding ortho intramolecular Hbond substituents is 1. The summed E-state index contributed by atoms with van der Waals surface area (Å²) in [5.41, 5.74) is 2.81. The number of ether oxygens (including phenoxy) is 4. The smallest absolute Gasteiger partial charge is 0.409 e. The number of halogens is 2. The van der Waals surface area contributed by atoms with Crippen molar-refractivity contribution in [2.45, 2.75) is 132 Å². The minimum atomic E-state index is -0.712. The molecule has 18 nitrogen and oxygen atoms in total. The van der Waals surface area contributed by atoms with Gasteiger partial charge >= 0.3 is 12.1 Å². The van der Waals surface area contributed by atoms with E-state index in [0.29, 0.717) is 85.3 Å². The van der Waals surface area contributed by atoms with E-state index >= 15 is 8.78 Å². The van der Waals surface area contributed by atoms with E-state index in [1.165, 1.54) is 12.1 Å². The molecule has 13 rings (SSSR count). The maximum Gasteiger partial charge on any atom is 0.409 e. The molecule has 20 heteroatoms. The van der Waals surface area contributed by atoms with E-state index in [0.717, 1.165) is 107 Å². The first kappa shape index (κ1) is 51.7. The van der Waals surface area contributed by atoms with Crippen molar-refractivity contribution in [3.63, 3.8) is 0 Å². The highest BCUT2D eigenvalue weighted by Gasteiger charge is 2.51. The lowest BCUT2D eigenvalue weighted by Gasteiger charge is -2.48. The van der Waals surface area contributed by atoms with E-state index in [9.17, 15) is 19.5 Å². The average Bonchev–Trinajstić information content (AvgIpc) is 4.30. The van der Waals surface area contributed by atoms with Crippen LogP contribution in [0.5, 0.6) is 11.8 Å². The summed E-state index contributed by atoms with van der Waals surface area (Å²) in [7, 11) is 1.89. The summed E-state index contributed by atoms with van der Waals surface area (Å²) in [5.74, 6) is -1.66. The van der Waals surface area contributed by atoms with E-state index in [1.54, 1.807) is 23.2 Å². The first-order valence-electron chi connectivity index (χ1n) is 28.6. The summed E-state index contributed by atoms with van der Waals surface area (Å²) in [6.45, 7) is 8.04. The predicted octanol–water partition coefficient (Wildman–Crippen LogP) is 8.22. The number of amides is 3. The number of aromatic nitrogens is 5. The lowest BCUT2D eigenvalue weighted by Crippen LogP contribution is -2.56. The van der Waals surface area contributed by atoms with Crippen LogP contribution in [0.2, 0.25) is 0 Å². The number of likely N-dealkylation sites (tertiary alicyclic amines) is 1. The van der Waals surface area contributed by atoms with Gasteiger partial charge in [-0.15, -0.1) is 0 Å². The number of hydrogen-bond acceptors (Lipinski definition) is 15. The van der Waals surface area contributed by atoms with E-state index in [-0.39, 0.29) is 89.0 Å². The van der Waals surface area contributed by atoms with Gasteiger partial charge in [0, 0.05) is 88.0 Å². The van der Waals surface area contributed by atoms with Crippen LogP contribution in [0.3, 0.4) is 0 Å². The van der Waals surface area contributed by atoms with Crippen molar-refractivity contribution in [1.82, 2.24) is 39.8 Å². The molecule has 7 fully saturated rings. The lowest BCUT2D eigenvalue weighted by atomic mass is 9.86. The van der Waals surface area contributed by atoms with Crippen LogP contribution < -0.4 is 19.9 Å². The number of hydrogen-bond donors (Lipinski definition) is 2. The van der Waals surface area contributed by atoms with Gasteiger partial charge in [-0.05, 0) is 136 Å². The Kier molecular flexibility index (Phi) is 13.5. The molecule has 0 aliphatic carbocycles. The number of piperidine rings is 4. The number of nitrogens with one attached hydrogen (secondary N) is 1. The fourth-order valence-electron chi connectivity index (χ4n) is 14.2. The van der Waals surface area contributed by atoms with Crippen molar-refractivity contribution in [1.29, 1.82) is 0 Å². The van der Waals surface area contributed by atoms with Gasteiger partial charge < -0.3 is 38.8 Å². The summed E-state index contributed by atoms with van der Waals surface area (Å²) in [4.78, 5) is 61.2. The van der Waals surface area contributed by atoms with E-state index in [2.05, 4.69) is 37.1 Å². The van der Waals surface area contributed by atoms with Crippen molar-refractivity contribution in [3.8, 4) is 23.0 Å². The van der Waals surface area contributed by atoms with Crippen molar-refractivity contribution in [3.05, 3.63) is 71.6 Å². The second-order valence-electron chi connectivity index (χ2n) is 23.1. The summed E-state index contributed by atoms with van der Waals surface area (Å²) in [5, 5.41) is 20.4. The molecule has 10 heterocycles. The molecule has 1 unspecified atom stereocenters. The molecule has 6 aromatic rings. The average molecular weight is 1080 g/mol. The topological polar surface area (TPSA) is 190 Å². The highest BCUT2D eigenvalue weighted by molar-refractivity contribution is 6.03. The maximum absolute atomic E-state index is 17.4. The quantitative estimate of drug-likeness (QED) is 0.111. The number of carbonyl (C=O) groups is 3. The number of aryl methyl sites for hydroxylation is 2. The fourth-order valence-corrected chi connectivity index (χ4v) is 14.2. The third-order valence-corrected chi connectivity index (χ3v) is 18.4. The minimum absolute atomic E-state index is 0.0178. The summed E-state index contributed by atoms with van der Waals surface area (Å²) in [6, 6.07) is 12.3. The number of rotatable bonds is 12. The molecule has 0 radical (unpaired) electrons. The molecular formula is C59H68F2N10O8. The number of nitrogens with zero attached hydrogens (tertiary/aromatic N) is 9. The summed E-state index contributed by atoms with van der Waals surface area (Å²) in [6.07, 6.45) is 12.1. The summed E-state index contributed by atoms with van der Waals surface area (Å²) < 4.78 is 59.9. The molecule has 3 amide bonds. The highest BCUT2D eigenvalue weighted by Crippen LogP contribution is 2.45. The number of aromatic hydroxyl groups is 1. The summed E-state index contributed by atoms with van der Waals surface area (Å²) >= 11 is 0. The maximum atomic E-state index is 17.4. The van der Waals surface area contributed by atoms with Gasteiger partial charge in [-0.25, -0.2) is 13.6 Å². The second-order valence-corrected chi connectivity index (χ2v) is 23.1. The third-order valence-electron chi connectivity index (χ3n) is 18.4. The Labute approximate surface area is 456 Å². The molecule has 3 aromatic heterocycles. The van der Waals surface area contributed by atoms with Crippen LogP contribution in [0, 0.1) is 11.6 Å². The van der Waals surface area contributed by atoms with Gasteiger partial charge in [-0.3, -0.25) is 29.5 Å². The van der Waals surface area contributed by atoms with Crippen molar-refractivity contribution in [2.24, 2.45) is 7.05 Å². The number of imide groups is 1. The van der Waals surface area contributed by atoms with Crippen molar-refractivity contribution >= 4 is 62.0 Å². The van der Waals surface area contributed by atoms with Gasteiger partial charge in [-0.2, -0.15) is 15.1 Å². The number of phenols is 1. The zero-order chi connectivity index (χ0) is 54.2. The van der Waals surface area contributed by atoms with Gasteiger partial charge in [0.25, 0.3) is 0 Å². The molecule has 0 bridgehead atoms. The van der Waals surface area contributed by atoms with Crippen LogP contribution in [-0.4, -0.2) is 153 Å². The van der Waals surface area contributed by atoms with Crippen molar-refractivity contribution < 1.29 is 47.2 Å². The van der Waals surface area contributed by atoms with Gasteiger partial charge in [-0.1, -0.05) is 13.0 Å². The Morgan fingerprint density at radius 1 is 0.886 bits per heavy atom. The molecule has 4 atom stereocenters.